The zero-order valence-electron chi connectivity index (χ0n) is 11.7. The Balaban J connectivity index is 2.10. The number of carbonyl (C=O) groups is 1. The molecule has 1 saturated heterocycles. The number of nitrogens with zero attached hydrogens (tertiary/aromatic N) is 3. The van der Waals surface area contributed by atoms with E-state index in [-0.39, 0.29) is 5.91 Å². The van der Waals surface area contributed by atoms with Gasteiger partial charge in [-0.3, -0.25) is 14.7 Å². The van der Waals surface area contributed by atoms with Gasteiger partial charge in [0.15, 0.2) is 0 Å². The summed E-state index contributed by atoms with van der Waals surface area (Å²) < 4.78 is 0. The van der Waals surface area contributed by atoms with Crippen LogP contribution in [0.15, 0.2) is 18.3 Å². The summed E-state index contributed by atoms with van der Waals surface area (Å²) in [6.45, 7) is 5.03. The van der Waals surface area contributed by atoms with Gasteiger partial charge in [0.1, 0.15) is 0 Å². The van der Waals surface area contributed by atoms with Crippen LogP contribution < -0.4 is 5.73 Å². The van der Waals surface area contributed by atoms with E-state index < -0.39 is 0 Å². The van der Waals surface area contributed by atoms with Gasteiger partial charge >= 0.3 is 0 Å². The minimum atomic E-state index is 0.0867. The van der Waals surface area contributed by atoms with E-state index in [4.69, 9.17) is 5.73 Å². The highest BCUT2D eigenvalue weighted by Crippen LogP contribution is 2.14. The van der Waals surface area contributed by atoms with Crippen molar-refractivity contribution in [2.24, 2.45) is 5.73 Å². The van der Waals surface area contributed by atoms with E-state index >= 15 is 0 Å². The van der Waals surface area contributed by atoms with Gasteiger partial charge in [-0.25, -0.2) is 0 Å². The quantitative estimate of drug-likeness (QED) is 0.871. The van der Waals surface area contributed by atoms with Gasteiger partial charge in [-0.15, -0.1) is 0 Å². The summed E-state index contributed by atoms with van der Waals surface area (Å²) in [6, 6.07) is 4.01. The lowest BCUT2D eigenvalue weighted by molar-refractivity contribution is 0.0541. The summed E-state index contributed by atoms with van der Waals surface area (Å²) in [5.41, 5.74) is 7.01. The molecule has 1 aromatic heterocycles. The van der Waals surface area contributed by atoms with E-state index in [0.29, 0.717) is 18.2 Å². The van der Waals surface area contributed by atoms with Crippen LogP contribution in [0.25, 0.3) is 0 Å². The Bertz CT molecular complexity index is 449. The number of likely N-dealkylation sites (N-methyl/N-ethyl adjacent to an activating group) is 1. The molecule has 19 heavy (non-hydrogen) atoms. The number of piperazine rings is 1. The van der Waals surface area contributed by atoms with Crippen molar-refractivity contribution in [3.63, 3.8) is 0 Å². The molecule has 5 heteroatoms. The first-order chi connectivity index (χ1) is 9.15. The molecule has 0 aromatic carbocycles. The molecule has 104 valence electrons. The highest BCUT2D eigenvalue weighted by atomic mass is 16.2. The summed E-state index contributed by atoms with van der Waals surface area (Å²) >= 11 is 0. The van der Waals surface area contributed by atoms with Gasteiger partial charge in [0, 0.05) is 44.0 Å². The number of amides is 1. The van der Waals surface area contributed by atoms with Crippen LogP contribution >= 0.6 is 0 Å². The molecule has 0 bridgehead atoms. The average Bonchev–Trinajstić information content (AvgIpc) is 2.47. The zero-order valence-corrected chi connectivity index (χ0v) is 11.7. The predicted octanol–water partition coefficient (Wildman–Crippen LogP) is 0.707. The Hall–Kier alpha value is -1.46. The van der Waals surface area contributed by atoms with Crippen molar-refractivity contribution in [3.8, 4) is 0 Å². The topological polar surface area (TPSA) is 62.5 Å². The van der Waals surface area contributed by atoms with Crippen molar-refractivity contribution in [3.05, 3.63) is 29.6 Å². The molecule has 2 N–H and O–H groups in total. The number of carbonyl (C=O) groups excluding carboxylic acids is 1. The molecular weight excluding hydrogens is 240 g/mol. The minimum absolute atomic E-state index is 0.0867. The van der Waals surface area contributed by atoms with Gasteiger partial charge in [0.2, 0.25) is 0 Å². The van der Waals surface area contributed by atoms with Crippen LogP contribution in [-0.2, 0) is 6.54 Å². The van der Waals surface area contributed by atoms with E-state index in [1.54, 1.807) is 18.3 Å². The summed E-state index contributed by atoms with van der Waals surface area (Å²) in [5, 5.41) is 0. The standard InChI is InChI=1S/C14H22N4O/c1-3-13-10-18(7-6-17(13)2)14(19)11-4-5-16-12(8-11)9-15/h4-5,8,13H,3,6-7,9-10,15H2,1-2H3. The first kappa shape index (κ1) is 14.0. The van der Waals surface area contributed by atoms with Crippen LogP contribution in [0, 0.1) is 0 Å². The van der Waals surface area contributed by atoms with Crippen LogP contribution in [0.1, 0.15) is 29.4 Å². The maximum absolute atomic E-state index is 12.5. The zero-order chi connectivity index (χ0) is 13.8. The van der Waals surface area contributed by atoms with Crippen LogP contribution in [-0.4, -0.2) is 53.4 Å². The molecule has 0 radical (unpaired) electrons. The first-order valence-corrected chi connectivity index (χ1v) is 6.80. The van der Waals surface area contributed by atoms with Crippen LogP contribution in [0.3, 0.4) is 0 Å². The molecule has 2 rings (SSSR count). The molecule has 0 spiro atoms. The lowest BCUT2D eigenvalue weighted by Gasteiger charge is -2.39. The molecule has 0 saturated carbocycles. The van der Waals surface area contributed by atoms with Crippen molar-refractivity contribution in [2.75, 3.05) is 26.7 Å². The Morgan fingerprint density at radius 1 is 1.53 bits per heavy atom. The Morgan fingerprint density at radius 2 is 2.32 bits per heavy atom. The number of rotatable bonds is 3. The van der Waals surface area contributed by atoms with E-state index in [2.05, 4.69) is 23.9 Å². The second-order valence-corrected chi connectivity index (χ2v) is 5.03. The molecule has 1 fully saturated rings. The van der Waals surface area contributed by atoms with Gasteiger partial charge in [0.25, 0.3) is 5.91 Å². The molecule has 5 nitrogen and oxygen atoms in total. The van der Waals surface area contributed by atoms with Gasteiger partial charge in [-0.2, -0.15) is 0 Å². The first-order valence-electron chi connectivity index (χ1n) is 6.80. The second-order valence-electron chi connectivity index (χ2n) is 5.03. The minimum Gasteiger partial charge on any atom is -0.336 e. The van der Waals surface area contributed by atoms with Crippen molar-refractivity contribution in [2.45, 2.75) is 25.9 Å². The van der Waals surface area contributed by atoms with Crippen molar-refractivity contribution < 1.29 is 4.79 Å². The van der Waals surface area contributed by atoms with Crippen molar-refractivity contribution in [1.82, 2.24) is 14.8 Å². The Kier molecular flexibility index (Phi) is 4.50. The number of hydrogen-bond acceptors (Lipinski definition) is 4. The van der Waals surface area contributed by atoms with Crippen LogP contribution in [0.4, 0.5) is 0 Å². The largest absolute Gasteiger partial charge is 0.336 e. The van der Waals surface area contributed by atoms with Gasteiger partial charge in [-0.1, -0.05) is 6.92 Å². The third-order valence-corrected chi connectivity index (χ3v) is 3.81. The number of pyridine rings is 1. The molecule has 1 amide bonds. The third-order valence-electron chi connectivity index (χ3n) is 3.81. The maximum Gasteiger partial charge on any atom is 0.254 e. The van der Waals surface area contributed by atoms with E-state index in [1.165, 1.54) is 0 Å². The maximum atomic E-state index is 12.5. The Labute approximate surface area is 114 Å². The lowest BCUT2D eigenvalue weighted by Crippen LogP contribution is -2.53. The molecule has 2 heterocycles. The highest BCUT2D eigenvalue weighted by Gasteiger charge is 2.26. The summed E-state index contributed by atoms with van der Waals surface area (Å²) in [4.78, 5) is 20.9. The fourth-order valence-corrected chi connectivity index (χ4v) is 2.48. The second kappa shape index (κ2) is 6.12. The fourth-order valence-electron chi connectivity index (χ4n) is 2.48. The molecule has 1 atom stereocenters. The van der Waals surface area contributed by atoms with Gasteiger partial charge in [0.05, 0.1) is 5.69 Å². The monoisotopic (exact) mass is 262 g/mol. The fraction of sp³-hybridized carbons (Fsp3) is 0.571. The lowest BCUT2D eigenvalue weighted by atomic mass is 10.1. The van der Waals surface area contributed by atoms with Crippen molar-refractivity contribution in [1.29, 1.82) is 0 Å². The molecule has 0 aliphatic carbocycles. The summed E-state index contributed by atoms with van der Waals surface area (Å²) in [6.07, 6.45) is 2.72. The summed E-state index contributed by atoms with van der Waals surface area (Å²) in [5.74, 6) is 0.0867. The third kappa shape index (κ3) is 3.11. The van der Waals surface area contributed by atoms with E-state index in [1.807, 2.05) is 4.90 Å². The Morgan fingerprint density at radius 3 is 3.00 bits per heavy atom. The normalized spacial score (nSPS) is 20.6. The van der Waals surface area contributed by atoms with E-state index in [0.717, 1.165) is 31.7 Å². The molecule has 1 aliphatic rings. The van der Waals surface area contributed by atoms with Gasteiger partial charge in [-0.05, 0) is 25.6 Å². The number of nitrogens with two attached hydrogens (primary N) is 1. The molecule has 1 unspecified atom stereocenters. The van der Waals surface area contributed by atoms with Crippen LogP contribution in [0.2, 0.25) is 0 Å². The van der Waals surface area contributed by atoms with Gasteiger partial charge < -0.3 is 10.6 Å². The predicted molar refractivity (Wildman–Crippen MR) is 74.7 cm³/mol. The number of hydrogen-bond donors (Lipinski definition) is 1. The van der Waals surface area contributed by atoms with E-state index in [9.17, 15) is 4.79 Å². The molecular formula is C14H22N4O. The molecule has 1 aliphatic heterocycles. The number of aromatic nitrogens is 1. The summed E-state index contributed by atoms with van der Waals surface area (Å²) in [7, 11) is 2.12. The highest BCUT2D eigenvalue weighted by molar-refractivity contribution is 5.94. The SMILES string of the molecule is CCC1CN(C(=O)c2ccnc(CN)c2)CCN1C. The average molecular weight is 262 g/mol. The van der Waals surface area contributed by atoms with Crippen LogP contribution in [0.5, 0.6) is 0 Å². The smallest absolute Gasteiger partial charge is 0.254 e. The molecule has 1 aromatic rings. The van der Waals surface area contributed by atoms with Crippen molar-refractivity contribution >= 4 is 5.91 Å².